The maximum absolute atomic E-state index is 12.5. The minimum atomic E-state index is -1.11. The molecule has 4 atom stereocenters. The van der Waals surface area contributed by atoms with Crippen LogP contribution in [0, 0.1) is 0 Å². The van der Waals surface area contributed by atoms with Gasteiger partial charge < -0.3 is 25.0 Å². The van der Waals surface area contributed by atoms with Crippen LogP contribution >= 0.6 is 0 Å². The minimum absolute atomic E-state index is 0.346. The second-order valence-corrected chi connectivity index (χ2v) is 6.31. The molecule has 0 aliphatic heterocycles. The van der Waals surface area contributed by atoms with Gasteiger partial charge in [-0.3, -0.25) is 4.79 Å². The van der Waals surface area contributed by atoms with Crippen LogP contribution in [-0.2, 0) is 0 Å². The maximum atomic E-state index is 12.5. The summed E-state index contributed by atoms with van der Waals surface area (Å²) in [5, 5.41) is 23.6. The second kappa shape index (κ2) is 8.21. The van der Waals surface area contributed by atoms with Crippen molar-refractivity contribution in [2.24, 2.45) is 0 Å². The zero-order valence-corrected chi connectivity index (χ0v) is 14.5. The standard InChI is InChI=1S/C20H23NO5/c1-25-16-10-6-5-9-14(16)20(24)21-15-11-12-17(19(23)18(15)22)26-13-7-3-2-4-8-13/h2-10,15,17-19,22-23H,11-12H2,1H3,(H,21,24)/t15-,17-,18+,19+/m1/s1. The highest BCUT2D eigenvalue weighted by atomic mass is 16.5. The number of nitrogens with one attached hydrogen (secondary N) is 1. The van der Waals surface area contributed by atoms with E-state index in [-0.39, 0.29) is 5.91 Å². The first kappa shape index (κ1) is 18.2. The molecule has 6 nitrogen and oxygen atoms in total. The van der Waals surface area contributed by atoms with Crippen LogP contribution < -0.4 is 14.8 Å². The molecule has 1 fully saturated rings. The minimum Gasteiger partial charge on any atom is -0.496 e. The molecule has 1 saturated carbocycles. The van der Waals surface area contributed by atoms with E-state index in [1.54, 1.807) is 36.4 Å². The Hall–Kier alpha value is -2.57. The fraction of sp³-hybridized carbons (Fsp3) is 0.350. The number of hydrogen-bond donors (Lipinski definition) is 3. The normalized spacial score (nSPS) is 25.3. The summed E-state index contributed by atoms with van der Waals surface area (Å²) in [4.78, 5) is 12.5. The molecule has 1 amide bonds. The molecule has 0 bridgehead atoms. The van der Waals surface area contributed by atoms with Crippen LogP contribution in [0.25, 0.3) is 0 Å². The second-order valence-electron chi connectivity index (χ2n) is 6.31. The van der Waals surface area contributed by atoms with Crippen molar-refractivity contribution in [2.75, 3.05) is 7.11 Å². The monoisotopic (exact) mass is 357 g/mol. The van der Waals surface area contributed by atoms with Crippen molar-refractivity contribution in [1.29, 1.82) is 0 Å². The molecular weight excluding hydrogens is 334 g/mol. The van der Waals surface area contributed by atoms with Crippen molar-refractivity contribution in [3.05, 3.63) is 60.2 Å². The highest BCUT2D eigenvalue weighted by Crippen LogP contribution is 2.26. The van der Waals surface area contributed by atoms with E-state index in [2.05, 4.69) is 5.32 Å². The van der Waals surface area contributed by atoms with Gasteiger partial charge in [-0.05, 0) is 37.1 Å². The number of aliphatic hydroxyl groups excluding tert-OH is 2. The molecule has 0 heterocycles. The van der Waals surface area contributed by atoms with E-state index in [4.69, 9.17) is 9.47 Å². The van der Waals surface area contributed by atoms with Crippen LogP contribution in [0.2, 0.25) is 0 Å². The van der Waals surface area contributed by atoms with Gasteiger partial charge in [0.25, 0.3) is 5.91 Å². The highest BCUT2D eigenvalue weighted by molar-refractivity contribution is 5.97. The number of benzene rings is 2. The van der Waals surface area contributed by atoms with Crippen molar-refractivity contribution in [3.63, 3.8) is 0 Å². The average Bonchev–Trinajstić information content (AvgIpc) is 2.68. The fourth-order valence-electron chi connectivity index (χ4n) is 3.18. The van der Waals surface area contributed by atoms with Crippen LogP contribution in [0.3, 0.4) is 0 Å². The molecule has 26 heavy (non-hydrogen) atoms. The molecule has 0 saturated heterocycles. The van der Waals surface area contributed by atoms with E-state index in [1.165, 1.54) is 7.11 Å². The third-order valence-corrected chi connectivity index (χ3v) is 4.60. The topological polar surface area (TPSA) is 88.0 Å². The summed E-state index contributed by atoms with van der Waals surface area (Å²) in [7, 11) is 1.50. The lowest BCUT2D eigenvalue weighted by molar-refractivity contribution is -0.0874. The molecule has 0 unspecified atom stereocenters. The summed E-state index contributed by atoms with van der Waals surface area (Å²) in [5.41, 5.74) is 0.388. The number of methoxy groups -OCH3 is 1. The Bertz CT molecular complexity index is 736. The van der Waals surface area contributed by atoms with Gasteiger partial charge in [0, 0.05) is 0 Å². The summed E-state index contributed by atoms with van der Waals surface area (Å²) in [6, 6.07) is 15.5. The van der Waals surface area contributed by atoms with Crippen LogP contribution in [0.5, 0.6) is 11.5 Å². The quantitative estimate of drug-likeness (QED) is 0.759. The number of amides is 1. The molecule has 0 spiro atoms. The van der Waals surface area contributed by atoms with E-state index in [9.17, 15) is 15.0 Å². The van der Waals surface area contributed by atoms with Crippen LogP contribution in [0.1, 0.15) is 23.2 Å². The van der Waals surface area contributed by atoms with Crippen LogP contribution in [-0.4, -0.2) is 47.6 Å². The third kappa shape index (κ3) is 3.98. The van der Waals surface area contributed by atoms with E-state index in [0.29, 0.717) is 29.9 Å². The van der Waals surface area contributed by atoms with Crippen molar-refractivity contribution in [2.45, 2.75) is 37.2 Å². The van der Waals surface area contributed by atoms with Crippen molar-refractivity contribution < 1.29 is 24.5 Å². The summed E-state index contributed by atoms with van der Waals surface area (Å²) in [5.74, 6) is 0.752. The summed E-state index contributed by atoms with van der Waals surface area (Å²) in [6.45, 7) is 0. The number of rotatable bonds is 5. The first-order valence-electron chi connectivity index (χ1n) is 8.62. The smallest absolute Gasteiger partial charge is 0.255 e. The number of carbonyl (C=O) groups is 1. The first-order valence-corrected chi connectivity index (χ1v) is 8.62. The average molecular weight is 357 g/mol. The van der Waals surface area contributed by atoms with E-state index >= 15 is 0 Å². The molecule has 0 radical (unpaired) electrons. The van der Waals surface area contributed by atoms with Gasteiger partial charge in [-0.15, -0.1) is 0 Å². The van der Waals surface area contributed by atoms with Gasteiger partial charge in [-0.2, -0.15) is 0 Å². The highest BCUT2D eigenvalue weighted by Gasteiger charge is 2.39. The van der Waals surface area contributed by atoms with Crippen molar-refractivity contribution in [1.82, 2.24) is 5.32 Å². The third-order valence-electron chi connectivity index (χ3n) is 4.60. The fourth-order valence-corrected chi connectivity index (χ4v) is 3.18. The molecule has 2 aromatic rings. The lowest BCUT2D eigenvalue weighted by Crippen LogP contribution is -2.57. The van der Waals surface area contributed by atoms with E-state index in [1.807, 2.05) is 18.2 Å². The zero-order chi connectivity index (χ0) is 18.5. The van der Waals surface area contributed by atoms with Gasteiger partial charge in [0.05, 0.1) is 18.7 Å². The van der Waals surface area contributed by atoms with Crippen LogP contribution in [0.15, 0.2) is 54.6 Å². The largest absolute Gasteiger partial charge is 0.496 e. The number of hydrogen-bond acceptors (Lipinski definition) is 5. The molecule has 3 N–H and O–H groups in total. The molecule has 138 valence electrons. The summed E-state index contributed by atoms with van der Waals surface area (Å²) < 4.78 is 11.0. The number of para-hydroxylation sites is 2. The van der Waals surface area contributed by atoms with Gasteiger partial charge in [0.2, 0.25) is 0 Å². The number of aliphatic hydroxyl groups is 2. The molecule has 3 rings (SSSR count). The van der Waals surface area contributed by atoms with Gasteiger partial charge >= 0.3 is 0 Å². The Morgan fingerprint density at radius 3 is 2.42 bits per heavy atom. The van der Waals surface area contributed by atoms with Crippen molar-refractivity contribution >= 4 is 5.91 Å². The van der Waals surface area contributed by atoms with Gasteiger partial charge in [0.1, 0.15) is 29.8 Å². The Balaban J connectivity index is 1.63. The Kier molecular flexibility index (Phi) is 5.75. The van der Waals surface area contributed by atoms with Crippen molar-refractivity contribution in [3.8, 4) is 11.5 Å². The first-order chi connectivity index (χ1) is 12.6. The van der Waals surface area contributed by atoms with Gasteiger partial charge in [-0.1, -0.05) is 30.3 Å². The molecular formula is C20H23NO5. The van der Waals surface area contributed by atoms with E-state index in [0.717, 1.165) is 0 Å². The Morgan fingerprint density at radius 2 is 1.69 bits per heavy atom. The number of carbonyl (C=O) groups excluding carboxylic acids is 1. The van der Waals surface area contributed by atoms with Gasteiger partial charge in [-0.25, -0.2) is 0 Å². The molecule has 1 aliphatic rings. The lowest BCUT2D eigenvalue weighted by Gasteiger charge is -2.37. The Morgan fingerprint density at radius 1 is 1.00 bits per heavy atom. The van der Waals surface area contributed by atoms with Crippen LogP contribution in [0.4, 0.5) is 0 Å². The lowest BCUT2D eigenvalue weighted by atomic mass is 9.87. The number of ether oxygens (including phenoxy) is 2. The maximum Gasteiger partial charge on any atom is 0.255 e. The predicted octanol–water partition coefficient (Wildman–Crippen LogP) is 1.76. The summed E-state index contributed by atoms with van der Waals surface area (Å²) >= 11 is 0. The van der Waals surface area contributed by atoms with E-state index < -0.39 is 24.4 Å². The molecule has 1 aliphatic carbocycles. The Labute approximate surface area is 152 Å². The molecule has 0 aromatic heterocycles. The molecule has 2 aromatic carbocycles. The zero-order valence-electron chi connectivity index (χ0n) is 14.5. The van der Waals surface area contributed by atoms with Gasteiger partial charge in [0.15, 0.2) is 0 Å². The predicted molar refractivity (Wildman–Crippen MR) is 96.4 cm³/mol. The molecule has 6 heteroatoms. The summed E-state index contributed by atoms with van der Waals surface area (Å²) in [6.07, 6.45) is -1.71. The SMILES string of the molecule is COc1ccccc1C(=O)N[C@@H]1CC[C@@H](Oc2ccccc2)[C@H](O)[C@H]1O.